The molecular weight excluding hydrogens is 134 g/mol. The van der Waals surface area contributed by atoms with Crippen molar-refractivity contribution in [3.63, 3.8) is 0 Å². The summed E-state index contributed by atoms with van der Waals surface area (Å²) >= 11 is 0. The molecule has 2 fully saturated rings. The minimum Gasteiger partial charge on any atom is -0.327 e. The van der Waals surface area contributed by atoms with Crippen molar-refractivity contribution in [3.05, 3.63) is 11.6 Å². The van der Waals surface area contributed by atoms with Crippen LogP contribution in [0.4, 0.5) is 0 Å². The van der Waals surface area contributed by atoms with E-state index in [1.54, 1.807) is 5.57 Å². The van der Waals surface area contributed by atoms with Crippen molar-refractivity contribution in [1.29, 1.82) is 0 Å². The van der Waals surface area contributed by atoms with E-state index in [0.717, 1.165) is 5.92 Å². The van der Waals surface area contributed by atoms with Crippen LogP contribution in [-0.2, 0) is 0 Å². The lowest BCUT2D eigenvalue weighted by atomic mass is 10.1. The third-order valence-corrected chi connectivity index (χ3v) is 2.80. The van der Waals surface area contributed by atoms with Crippen LogP contribution >= 0.6 is 0 Å². The van der Waals surface area contributed by atoms with Crippen LogP contribution in [0.1, 0.15) is 38.5 Å². The van der Waals surface area contributed by atoms with Crippen LogP contribution in [0.5, 0.6) is 0 Å². The Morgan fingerprint density at radius 2 is 2.18 bits per heavy atom. The van der Waals surface area contributed by atoms with Crippen molar-refractivity contribution in [3.8, 4) is 0 Å². The van der Waals surface area contributed by atoms with Crippen LogP contribution in [0.2, 0.25) is 0 Å². The molecule has 0 amide bonds. The second-order valence-corrected chi connectivity index (χ2v) is 4.04. The number of allylic oxidation sites excluding steroid dienone is 1. The highest BCUT2D eigenvalue weighted by Gasteiger charge is 2.21. The van der Waals surface area contributed by atoms with Gasteiger partial charge in [0.15, 0.2) is 0 Å². The van der Waals surface area contributed by atoms with Gasteiger partial charge in [-0.1, -0.05) is 11.6 Å². The van der Waals surface area contributed by atoms with Crippen molar-refractivity contribution in [1.82, 2.24) is 0 Å². The Morgan fingerprint density at radius 3 is 2.73 bits per heavy atom. The van der Waals surface area contributed by atoms with E-state index in [9.17, 15) is 0 Å². The van der Waals surface area contributed by atoms with Gasteiger partial charge in [0.1, 0.15) is 0 Å². The van der Waals surface area contributed by atoms with Crippen LogP contribution < -0.4 is 5.73 Å². The van der Waals surface area contributed by atoms with Crippen molar-refractivity contribution in [2.45, 2.75) is 44.6 Å². The minimum atomic E-state index is 0.473. The Hall–Kier alpha value is -0.300. The number of nitrogens with two attached hydrogens (primary N) is 1. The van der Waals surface area contributed by atoms with Gasteiger partial charge in [-0.05, 0) is 44.4 Å². The molecule has 0 aromatic carbocycles. The lowest BCUT2D eigenvalue weighted by Crippen LogP contribution is -2.13. The van der Waals surface area contributed by atoms with Gasteiger partial charge in [0.2, 0.25) is 0 Å². The fraction of sp³-hybridized carbons (Fsp3) is 0.800. The summed E-state index contributed by atoms with van der Waals surface area (Å²) in [5, 5.41) is 0. The molecule has 1 unspecified atom stereocenters. The molecule has 2 rings (SSSR count). The fourth-order valence-electron chi connectivity index (χ4n) is 1.78. The molecule has 1 nitrogen and oxygen atoms in total. The van der Waals surface area contributed by atoms with Gasteiger partial charge in [-0.2, -0.15) is 0 Å². The third kappa shape index (κ3) is 2.06. The molecule has 0 aromatic rings. The standard InChI is InChI=1S/C10H17N/c11-10-6-5-9(7-10)4-3-8-1-2-8/h4,8,10H,1-3,5-7,11H2. The summed E-state index contributed by atoms with van der Waals surface area (Å²) in [7, 11) is 0. The maximum Gasteiger partial charge on any atom is 0.00791 e. The summed E-state index contributed by atoms with van der Waals surface area (Å²) in [6, 6.07) is 0.473. The molecule has 0 bridgehead atoms. The van der Waals surface area contributed by atoms with Gasteiger partial charge in [0.25, 0.3) is 0 Å². The molecule has 0 saturated heterocycles. The van der Waals surface area contributed by atoms with E-state index in [1.165, 1.54) is 38.5 Å². The summed E-state index contributed by atoms with van der Waals surface area (Å²) in [5.74, 6) is 1.04. The Balaban J connectivity index is 1.79. The zero-order valence-corrected chi connectivity index (χ0v) is 7.05. The lowest BCUT2D eigenvalue weighted by molar-refractivity contribution is 0.711. The van der Waals surface area contributed by atoms with E-state index in [1.807, 2.05) is 0 Å². The first kappa shape index (κ1) is 7.35. The van der Waals surface area contributed by atoms with E-state index in [0.29, 0.717) is 6.04 Å². The van der Waals surface area contributed by atoms with Crippen molar-refractivity contribution in [2.24, 2.45) is 11.7 Å². The first-order chi connectivity index (χ1) is 5.34. The minimum absolute atomic E-state index is 0.473. The molecular formula is C10H17N. The summed E-state index contributed by atoms with van der Waals surface area (Å²) in [6.45, 7) is 0. The summed E-state index contributed by atoms with van der Waals surface area (Å²) < 4.78 is 0. The molecule has 1 heteroatoms. The van der Waals surface area contributed by atoms with Gasteiger partial charge in [0, 0.05) is 6.04 Å². The lowest BCUT2D eigenvalue weighted by Gasteiger charge is -1.96. The average molecular weight is 151 g/mol. The molecule has 11 heavy (non-hydrogen) atoms. The SMILES string of the molecule is NC1CCC(=CCC2CC2)C1. The van der Waals surface area contributed by atoms with E-state index in [-0.39, 0.29) is 0 Å². The Labute approximate surface area is 68.7 Å². The molecule has 2 aliphatic rings. The highest BCUT2D eigenvalue weighted by molar-refractivity contribution is 5.10. The van der Waals surface area contributed by atoms with Gasteiger partial charge >= 0.3 is 0 Å². The van der Waals surface area contributed by atoms with Crippen LogP contribution in [0.3, 0.4) is 0 Å². The topological polar surface area (TPSA) is 26.0 Å². The molecule has 2 N–H and O–H groups in total. The smallest absolute Gasteiger partial charge is 0.00791 e. The number of hydrogen-bond donors (Lipinski definition) is 1. The summed E-state index contributed by atoms with van der Waals surface area (Å²) in [5.41, 5.74) is 7.44. The first-order valence-electron chi connectivity index (χ1n) is 4.78. The highest BCUT2D eigenvalue weighted by Crippen LogP contribution is 2.34. The molecule has 0 heterocycles. The van der Waals surface area contributed by atoms with E-state index in [4.69, 9.17) is 5.73 Å². The molecule has 0 aromatic heterocycles. The average Bonchev–Trinajstić information content (AvgIpc) is 2.72. The summed E-state index contributed by atoms with van der Waals surface area (Å²) in [6.07, 6.45) is 10.4. The quantitative estimate of drug-likeness (QED) is 0.602. The second kappa shape index (κ2) is 2.98. The van der Waals surface area contributed by atoms with Crippen molar-refractivity contribution >= 4 is 0 Å². The van der Waals surface area contributed by atoms with E-state index in [2.05, 4.69) is 6.08 Å². The van der Waals surface area contributed by atoms with Crippen molar-refractivity contribution in [2.75, 3.05) is 0 Å². The van der Waals surface area contributed by atoms with E-state index < -0.39 is 0 Å². The molecule has 0 radical (unpaired) electrons. The number of rotatable bonds is 2. The summed E-state index contributed by atoms with van der Waals surface area (Å²) in [4.78, 5) is 0. The molecule has 1 atom stereocenters. The Kier molecular flexibility index (Phi) is 1.99. The maximum absolute atomic E-state index is 5.81. The van der Waals surface area contributed by atoms with Gasteiger partial charge in [-0.15, -0.1) is 0 Å². The predicted octanol–water partition coefficient (Wildman–Crippen LogP) is 2.22. The van der Waals surface area contributed by atoms with Crippen LogP contribution in [0, 0.1) is 5.92 Å². The fourth-order valence-corrected chi connectivity index (χ4v) is 1.78. The molecule has 2 saturated carbocycles. The molecule has 0 aliphatic heterocycles. The Bertz CT molecular complexity index is 168. The van der Waals surface area contributed by atoms with E-state index >= 15 is 0 Å². The maximum atomic E-state index is 5.81. The zero-order valence-electron chi connectivity index (χ0n) is 7.05. The normalized spacial score (nSPS) is 35.0. The highest BCUT2D eigenvalue weighted by atomic mass is 14.6. The van der Waals surface area contributed by atoms with Crippen molar-refractivity contribution < 1.29 is 0 Å². The molecule has 62 valence electrons. The Morgan fingerprint density at radius 1 is 1.36 bits per heavy atom. The van der Waals surface area contributed by atoms with Gasteiger partial charge < -0.3 is 5.73 Å². The largest absolute Gasteiger partial charge is 0.327 e. The second-order valence-electron chi connectivity index (χ2n) is 4.04. The predicted molar refractivity (Wildman–Crippen MR) is 47.3 cm³/mol. The van der Waals surface area contributed by atoms with Crippen LogP contribution in [-0.4, -0.2) is 6.04 Å². The van der Waals surface area contributed by atoms with Crippen LogP contribution in [0.25, 0.3) is 0 Å². The van der Waals surface area contributed by atoms with Gasteiger partial charge in [-0.3, -0.25) is 0 Å². The van der Waals surface area contributed by atoms with Gasteiger partial charge in [-0.25, -0.2) is 0 Å². The monoisotopic (exact) mass is 151 g/mol. The zero-order chi connectivity index (χ0) is 7.68. The third-order valence-electron chi connectivity index (χ3n) is 2.80. The molecule has 0 spiro atoms. The number of hydrogen-bond acceptors (Lipinski definition) is 1. The van der Waals surface area contributed by atoms with Gasteiger partial charge in [0.05, 0.1) is 0 Å². The first-order valence-corrected chi connectivity index (χ1v) is 4.78. The molecule has 2 aliphatic carbocycles. The van der Waals surface area contributed by atoms with Crippen LogP contribution in [0.15, 0.2) is 11.6 Å².